The van der Waals surface area contributed by atoms with Gasteiger partial charge < -0.3 is 19.9 Å². The number of rotatable bonds is 9. The van der Waals surface area contributed by atoms with Crippen molar-refractivity contribution in [3.05, 3.63) is 77.0 Å². The minimum atomic E-state index is -0.775. The van der Waals surface area contributed by atoms with E-state index in [1.165, 1.54) is 54.4 Å². The van der Waals surface area contributed by atoms with E-state index in [1.54, 1.807) is 20.2 Å². The van der Waals surface area contributed by atoms with Gasteiger partial charge in [0, 0.05) is 24.8 Å². The second-order valence-corrected chi connectivity index (χ2v) is 10.7. The third kappa shape index (κ3) is 6.18. The summed E-state index contributed by atoms with van der Waals surface area (Å²) in [5, 5.41) is 13.1. The molecule has 3 aromatic rings. The molecule has 0 saturated heterocycles. The van der Waals surface area contributed by atoms with E-state index in [0.717, 1.165) is 36.3 Å². The first-order chi connectivity index (χ1) is 18.5. The predicted octanol–water partition coefficient (Wildman–Crippen LogP) is 6.51. The van der Waals surface area contributed by atoms with Crippen molar-refractivity contribution in [2.24, 2.45) is 5.92 Å². The summed E-state index contributed by atoms with van der Waals surface area (Å²) in [5.74, 6) is 0.285. The van der Waals surface area contributed by atoms with Crippen LogP contribution in [0.4, 0.5) is 0 Å². The van der Waals surface area contributed by atoms with Crippen molar-refractivity contribution in [2.75, 3.05) is 7.11 Å². The SMILES string of the molecule is COc1cc(-c2ccc([C@@H]3CCc4ccc(CC(C)C(=O)O)cc4O3)cc2CNC2CCCCC2)ccn1. The summed E-state index contributed by atoms with van der Waals surface area (Å²) in [4.78, 5) is 15.6. The van der Waals surface area contributed by atoms with Crippen LogP contribution in [0, 0.1) is 5.92 Å². The van der Waals surface area contributed by atoms with E-state index < -0.39 is 11.9 Å². The molecule has 2 atom stereocenters. The minimum absolute atomic E-state index is 0.0379. The second-order valence-electron chi connectivity index (χ2n) is 10.7. The fraction of sp³-hybridized carbons (Fsp3) is 0.438. The number of aliphatic carboxylic acids is 1. The lowest BCUT2D eigenvalue weighted by atomic mass is 9.91. The average Bonchev–Trinajstić information content (AvgIpc) is 2.96. The van der Waals surface area contributed by atoms with Crippen molar-refractivity contribution in [1.82, 2.24) is 10.3 Å². The van der Waals surface area contributed by atoms with Crippen LogP contribution in [0.5, 0.6) is 11.6 Å². The predicted molar refractivity (Wildman–Crippen MR) is 149 cm³/mol. The molecular formula is C32H38N2O4. The molecule has 2 aromatic carbocycles. The summed E-state index contributed by atoms with van der Waals surface area (Å²) in [6.45, 7) is 2.55. The van der Waals surface area contributed by atoms with Gasteiger partial charge in [-0.15, -0.1) is 0 Å². The van der Waals surface area contributed by atoms with Gasteiger partial charge in [0.15, 0.2) is 0 Å². The van der Waals surface area contributed by atoms with Crippen LogP contribution in [0.15, 0.2) is 54.7 Å². The highest BCUT2D eigenvalue weighted by atomic mass is 16.5. The number of benzene rings is 2. The number of hydrogen-bond acceptors (Lipinski definition) is 5. The van der Waals surface area contributed by atoms with Crippen molar-refractivity contribution < 1.29 is 19.4 Å². The monoisotopic (exact) mass is 514 g/mol. The fourth-order valence-electron chi connectivity index (χ4n) is 5.71. The van der Waals surface area contributed by atoms with Crippen molar-refractivity contribution >= 4 is 5.97 Å². The number of carboxylic acid groups (broad SMARTS) is 1. The highest BCUT2D eigenvalue weighted by Gasteiger charge is 2.24. The van der Waals surface area contributed by atoms with E-state index in [2.05, 4.69) is 34.6 Å². The lowest BCUT2D eigenvalue weighted by Gasteiger charge is -2.28. The maximum absolute atomic E-state index is 11.3. The smallest absolute Gasteiger partial charge is 0.306 e. The highest BCUT2D eigenvalue weighted by molar-refractivity contribution is 5.70. The number of aromatic nitrogens is 1. The van der Waals surface area contributed by atoms with Gasteiger partial charge in [-0.3, -0.25) is 4.79 Å². The standard InChI is InChI=1S/C32H38N2O4/c1-21(32(35)36)16-22-8-9-23-11-13-29(38-30(23)17-22)25-10-12-28(24-14-15-33-31(19-24)37-2)26(18-25)20-34-27-6-4-3-5-7-27/h8-10,12,14-15,17-19,21,27,29,34H,3-7,11,13,16,20H2,1-2H3,(H,35,36)/t21?,29-/m0/s1. The van der Waals surface area contributed by atoms with Crippen LogP contribution in [0.3, 0.4) is 0 Å². The Morgan fingerprint density at radius 2 is 1.95 bits per heavy atom. The van der Waals surface area contributed by atoms with Crippen molar-refractivity contribution in [3.63, 3.8) is 0 Å². The Balaban J connectivity index is 1.40. The zero-order valence-corrected chi connectivity index (χ0v) is 22.4. The van der Waals surface area contributed by atoms with E-state index in [0.29, 0.717) is 18.3 Å². The van der Waals surface area contributed by atoms with Gasteiger partial charge in [0.2, 0.25) is 5.88 Å². The molecule has 1 aliphatic carbocycles. The number of fused-ring (bicyclic) bond motifs is 1. The van der Waals surface area contributed by atoms with Gasteiger partial charge in [-0.05, 0) is 77.6 Å². The first-order valence-electron chi connectivity index (χ1n) is 13.9. The summed E-state index contributed by atoms with van der Waals surface area (Å²) in [6.07, 6.45) is 10.5. The highest BCUT2D eigenvalue weighted by Crippen LogP contribution is 2.38. The Kier molecular flexibility index (Phi) is 8.28. The molecule has 2 heterocycles. The molecule has 1 unspecified atom stereocenters. The number of carbonyl (C=O) groups is 1. The van der Waals surface area contributed by atoms with Crippen LogP contribution in [0.1, 0.15) is 73.8 Å². The maximum Gasteiger partial charge on any atom is 0.306 e. The summed E-state index contributed by atoms with van der Waals surface area (Å²) in [6, 6.07) is 17.4. The summed E-state index contributed by atoms with van der Waals surface area (Å²) < 4.78 is 11.9. The Hall–Kier alpha value is -3.38. The van der Waals surface area contributed by atoms with Crippen molar-refractivity contribution in [1.29, 1.82) is 0 Å². The van der Waals surface area contributed by atoms with Crippen molar-refractivity contribution in [3.8, 4) is 22.8 Å². The van der Waals surface area contributed by atoms with Gasteiger partial charge in [0.25, 0.3) is 0 Å². The van der Waals surface area contributed by atoms with E-state index in [9.17, 15) is 9.90 Å². The van der Waals surface area contributed by atoms with Gasteiger partial charge in [-0.2, -0.15) is 0 Å². The lowest BCUT2D eigenvalue weighted by Crippen LogP contribution is -2.30. The Labute approximate surface area is 225 Å². The van der Waals surface area contributed by atoms with E-state index >= 15 is 0 Å². The number of pyridine rings is 1. The molecule has 2 aliphatic rings. The topological polar surface area (TPSA) is 80.7 Å². The molecule has 200 valence electrons. The molecule has 0 spiro atoms. The van der Waals surface area contributed by atoms with Gasteiger partial charge in [-0.1, -0.05) is 56.5 Å². The maximum atomic E-state index is 11.3. The molecule has 1 aromatic heterocycles. The van der Waals surface area contributed by atoms with Crippen LogP contribution >= 0.6 is 0 Å². The molecule has 0 bridgehead atoms. The van der Waals surface area contributed by atoms with E-state index in [-0.39, 0.29) is 6.10 Å². The average molecular weight is 515 g/mol. The van der Waals surface area contributed by atoms with E-state index in [1.807, 2.05) is 24.3 Å². The van der Waals surface area contributed by atoms with Crippen LogP contribution < -0.4 is 14.8 Å². The number of hydrogen-bond donors (Lipinski definition) is 2. The van der Waals surface area contributed by atoms with Crippen LogP contribution in [0.25, 0.3) is 11.1 Å². The Morgan fingerprint density at radius 3 is 2.74 bits per heavy atom. The van der Waals surface area contributed by atoms with Gasteiger partial charge in [-0.25, -0.2) is 4.98 Å². The normalized spacial score (nSPS) is 18.3. The number of carboxylic acids is 1. The molecule has 0 radical (unpaired) electrons. The Bertz CT molecular complexity index is 1270. The molecule has 1 saturated carbocycles. The molecule has 0 amide bonds. The number of methoxy groups -OCH3 is 1. The molecule has 5 rings (SSSR count). The van der Waals surface area contributed by atoms with Gasteiger partial charge in [0.05, 0.1) is 13.0 Å². The summed E-state index contributed by atoms with van der Waals surface area (Å²) in [7, 11) is 1.65. The van der Waals surface area contributed by atoms with Crippen LogP contribution in [-0.4, -0.2) is 29.2 Å². The summed E-state index contributed by atoms with van der Waals surface area (Å²) in [5.41, 5.74) is 6.88. The first kappa shape index (κ1) is 26.2. The van der Waals surface area contributed by atoms with Crippen molar-refractivity contribution in [2.45, 2.75) is 77.0 Å². The zero-order chi connectivity index (χ0) is 26.5. The van der Waals surface area contributed by atoms with Gasteiger partial charge in [0.1, 0.15) is 11.9 Å². The minimum Gasteiger partial charge on any atom is -0.485 e. The number of ether oxygens (including phenoxy) is 2. The number of nitrogens with zero attached hydrogens (tertiary/aromatic N) is 1. The molecular weight excluding hydrogens is 476 g/mol. The second kappa shape index (κ2) is 12.0. The number of aryl methyl sites for hydroxylation is 1. The Morgan fingerprint density at radius 1 is 1.11 bits per heavy atom. The third-order valence-electron chi connectivity index (χ3n) is 7.98. The van der Waals surface area contributed by atoms with Crippen LogP contribution in [-0.2, 0) is 24.2 Å². The van der Waals surface area contributed by atoms with Gasteiger partial charge >= 0.3 is 5.97 Å². The molecule has 1 fully saturated rings. The zero-order valence-electron chi connectivity index (χ0n) is 22.4. The van der Waals surface area contributed by atoms with Crippen LogP contribution in [0.2, 0.25) is 0 Å². The first-order valence-corrected chi connectivity index (χ1v) is 13.9. The molecule has 6 nitrogen and oxygen atoms in total. The molecule has 1 aliphatic heterocycles. The lowest BCUT2D eigenvalue weighted by molar-refractivity contribution is -0.141. The molecule has 2 N–H and O–H groups in total. The van der Waals surface area contributed by atoms with E-state index in [4.69, 9.17) is 9.47 Å². The third-order valence-corrected chi connectivity index (χ3v) is 7.98. The number of nitrogens with one attached hydrogen (secondary N) is 1. The molecule has 38 heavy (non-hydrogen) atoms. The largest absolute Gasteiger partial charge is 0.485 e. The summed E-state index contributed by atoms with van der Waals surface area (Å²) >= 11 is 0. The quantitative estimate of drug-likeness (QED) is 0.339. The molecule has 6 heteroatoms. The fourth-order valence-corrected chi connectivity index (χ4v) is 5.71.